The SMILES string of the molecule is CC(=O)c1[nH]c(C)c(C(=O)N[C@@H]2CCN(C(C)=O)C[C@H]2O)c1C. The van der Waals surface area contributed by atoms with Crippen LogP contribution in [0.5, 0.6) is 0 Å². The lowest BCUT2D eigenvalue weighted by molar-refractivity contribution is -0.132. The number of β-amino-alcohol motifs (C(OH)–C–C–N with tert-alkyl or cyclic N) is 1. The number of nitrogens with one attached hydrogen (secondary N) is 2. The van der Waals surface area contributed by atoms with Gasteiger partial charge in [0.25, 0.3) is 5.91 Å². The highest BCUT2D eigenvalue weighted by Crippen LogP contribution is 2.19. The predicted molar refractivity (Wildman–Crippen MR) is 84.4 cm³/mol. The standard InChI is InChI=1S/C16H23N3O4/c1-8-14(9(2)17-15(8)10(3)20)16(23)18-12-5-6-19(11(4)21)7-13(12)22/h12-13,17,22H,5-7H2,1-4H3,(H,18,23)/t12-,13-/m1/s1. The number of aromatic amines is 1. The number of Topliss-reactive ketones (excluding diaryl/α,β-unsaturated/α-hetero) is 1. The Labute approximate surface area is 135 Å². The molecule has 1 aliphatic rings. The summed E-state index contributed by atoms with van der Waals surface area (Å²) in [7, 11) is 0. The Morgan fingerprint density at radius 2 is 1.91 bits per heavy atom. The van der Waals surface area contributed by atoms with Crippen LogP contribution in [0.2, 0.25) is 0 Å². The highest BCUT2D eigenvalue weighted by atomic mass is 16.3. The van der Waals surface area contributed by atoms with E-state index in [-0.39, 0.29) is 24.1 Å². The molecule has 1 fully saturated rings. The molecule has 0 unspecified atom stereocenters. The second-order valence-electron chi connectivity index (χ2n) is 6.08. The summed E-state index contributed by atoms with van der Waals surface area (Å²) in [6.45, 7) is 7.08. The largest absolute Gasteiger partial charge is 0.389 e. The van der Waals surface area contributed by atoms with Crippen LogP contribution in [0.1, 0.15) is 52.4 Å². The Balaban J connectivity index is 2.11. The summed E-state index contributed by atoms with van der Waals surface area (Å²) in [5.74, 6) is -0.527. The Morgan fingerprint density at radius 1 is 1.26 bits per heavy atom. The first-order valence-electron chi connectivity index (χ1n) is 7.67. The maximum Gasteiger partial charge on any atom is 0.253 e. The lowest BCUT2D eigenvalue weighted by atomic mass is 10.0. The molecule has 1 aromatic heterocycles. The van der Waals surface area contributed by atoms with E-state index in [1.54, 1.807) is 18.7 Å². The van der Waals surface area contributed by atoms with E-state index in [2.05, 4.69) is 10.3 Å². The van der Waals surface area contributed by atoms with E-state index in [0.717, 1.165) is 0 Å². The van der Waals surface area contributed by atoms with Crippen LogP contribution in [0.25, 0.3) is 0 Å². The summed E-state index contributed by atoms with van der Waals surface area (Å²) < 4.78 is 0. The van der Waals surface area contributed by atoms with Gasteiger partial charge in [0.1, 0.15) is 0 Å². The number of carbonyl (C=O) groups excluding carboxylic acids is 3. The van der Waals surface area contributed by atoms with Gasteiger partial charge in [-0.1, -0.05) is 0 Å². The molecule has 2 atom stereocenters. The molecular formula is C16H23N3O4. The number of piperidine rings is 1. The van der Waals surface area contributed by atoms with E-state index in [4.69, 9.17) is 0 Å². The highest BCUT2D eigenvalue weighted by molar-refractivity contribution is 6.02. The molecule has 0 spiro atoms. The van der Waals surface area contributed by atoms with Crippen LogP contribution < -0.4 is 5.32 Å². The van der Waals surface area contributed by atoms with Gasteiger partial charge >= 0.3 is 0 Å². The van der Waals surface area contributed by atoms with E-state index in [1.165, 1.54) is 13.8 Å². The quantitative estimate of drug-likeness (QED) is 0.707. The van der Waals surface area contributed by atoms with Crippen molar-refractivity contribution >= 4 is 17.6 Å². The molecule has 1 aromatic rings. The maximum absolute atomic E-state index is 12.5. The van der Waals surface area contributed by atoms with Crippen LogP contribution in [0, 0.1) is 13.8 Å². The Bertz CT molecular complexity index is 650. The molecular weight excluding hydrogens is 298 g/mol. The van der Waals surface area contributed by atoms with Crippen molar-refractivity contribution in [3.05, 3.63) is 22.5 Å². The van der Waals surface area contributed by atoms with Gasteiger partial charge in [0, 0.05) is 32.6 Å². The van der Waals surface area contributed by atoms with Crippen molar-refractivity contribution in [2.45, 2.75) is 46.3 Å². The van der Waals surface area contributed by atoms with Gasteiger partial charge in [0.05, 0.1) is 23.4 Å². The van der Waals surface area contributed by atoms with E-state index in [1.807, 2.05) is 0 Å². The lowest BCUT2D eigenvalue weighted by Gasteiger charge is -2.35. The predicted octanol–water partition coefficient (Wildman–Crippen LogP) is 0.546. The van der Waals surface area contributed by atoms with Crippen LogP contribution in [0.4, 0.5) is 0 Å². The second-order valence-corrected chi connectivity index (χ2v) is 6.08. The maximum atomic E-state index is 12.5. The third-order valence-electron chi connectivity index (χ3n) is 4.36. The number of aliphatic hydroxyl groups is 1. The van der Waals surface area contributed by atoms with Crippen LogP contribution in [-0.2, 0) is 4.79 Å². The van der Waals surface area contributed by atoms with Crippen LogP contribution in [0.3, 0.4) is 0 Å². The molecule has 1 aliphatic heterocycles. The van der Waals surface area contributed by atoms with Crippen molar-refractivity contribution in [3.8, 4) is 0 Å². The topological polar surface area (TPSA) is 103 Å². The number of ketones is 1. The molecule has 2 heterocycles. The first-order valence-corrected chi connectivity index (χ1v) is 7.67. The summed E-state index contributed by atoms with van der Waals surface area (Å²) in [5.41, 5.74) is 2.11. The molecule has 3 N–H and O–H groups in total. The number of nitrogens with zero attached hydrogens (tertiary/aromatic N) is 1. The van der Waals surface area contributed by atoms with Crippen molar-refractivity contribution in [2.24, 2.45) is 0 Å². The molecule has 2 amide bonds. The summed E-state index contributed by atoms with van der Waals surface area (Å²) in [5, 5.41) is 13.0. The molecule has 23 heavy (non-hydrogen) atoms. The fraction of sp³-hybridized carbons (Fsp3) is 0.562. The third kappa shape index (κ3) is 3.44. The minimum absolute atomic E-state index is 0.0859. The number of hydrogen-bond acceptors (Lipinski definition) is 4. The average molecular weight is 321 g/mol. The number of aromatic nitrogens is 1. The van der Waals surface area contributed by atoms with Crippen molar-refractivity contribution < 1.29 is 19.5 Å². The first kappa shape index (κ1) is 17.2. The fourth-order valence-corrected chi connectivity index (χ4v) is 3.07. The molecule has 0 radical (unpaired) electrons. The van der Waals surface area contributed by atoms with Gasteiger partial charge in [-0.15, -0.1) is 0 Å². The van der Waals surface area contributed by atoms with Gasteiger partial charge in [0.15, 0.2) is 5.78 Å². The van der Waals surface area contributed by atoms with Gasteiger partial charge in [-0.3, -0.25) is 14.4 Å². The number of H-pyrrole nitrogens is 1. The first-order chi connectivity index (χ1) is 10.7. The van der Waals surface area contributed by atoms with Crippen LogP contribution >= 0.6 is 0 Å². The summed E-state index contributed by atoms with van der Waals surface area (Å²) >= 11 is 0. The molecule has 0 saturated carbocycles. The molecule has 7 heteroatoms. The van der Waals surface area contributed by atoms with Gasteiger partial charge in [-0.05, 0) is 25.8 Å². The van der Waals surface area contributed by atoms with Crippen LogP contribution in [0.15, 0.2) is 0 Å². The summed E-state index contributed by atoms with van der Waals surface area (Å²) in [4.78, 5) is 39.9. The van der Waals surface area contributed by atoms with Crippen molar-refractivity contribution in [3.63, 3.8) is 0 Å². The Kier molecular flexibility index (Phi) is 4.89. The van der Waals surface area contributed by atoms with Gasteiger partial charge in [-0.2, -0.15) is 0 Å². The Hall–Kier alpha value is -2.15. The monoisotopic (exact) mass is 321 g/mol. The van der Waals surface area contributed by atoms with Crippen molar-refractivity contribution in [2.75, 3.05) is 13.1 Å². The number of likely N-dealkylation sites (tertiary alicyclic amines) is 1. The zero-order valence-electron chi connectivity index (χ0n) is 13.9. The smallest absolute Gasteiger partial charge is 0.253 e. The van der Waals surface area contributed by atoms with E-state index >= 15 is 0 Å². The van der Waals surface area contributed by atoms with E-state index < -0.39 is 12.1 Å². The van der Waals surface area contributed by atoms with Crippen molar-refractivity contribution in [1.82, 2.24) is 15.2 Å². The number of aliphatic hydroxyl groups excluding tert-OH is 1. The third-order valence-corrected chi connectivity index (χ3v) is 4.36. The molecule has 7 nitrogen and oxygen atoms in total. The normalized spacial score (nSPS) is 21.2. The summed E-state index contributed by atoms with van der Waals surface area (Å²) in [6, 6.07) is -0.410. The average Bonchev–Trinajstić information content (AvgIpc) is 2.76. The molecule has 0 aromatic carbocycles. The van der Waals surface area contributed by atoms with Crippen LogP contribution in [-0.4, -0.2) is 57.8 Å². The molecule has 0 aliphatic carbocycles. The van der Waals surface area contributed by atoms with E-state index in [9.17, 15) is 19.5 Å². The molecule has 126 valence electrons. The van der Waals surface area contributed by atoms with E-state index in [0.29, 0.717) is 35.5 Å². The number of amides is 2. The van der Waals surface area contributed by atoms with Crippen molar-refractivity contribution in [1.29, 1.82) is 0 Å². The Morgan fingerprint density at radius 3 is 2.39 bits per heavy atom. The zero-order chi connectivity index (χ0) is 17.3. The minimum atomic E-state index is -0.802. The van der Waals surface area contributed by atoms with Gasteiger partial charge < -0.3 is 20.3 Å². The summed E-state index contributed by atoms with van der Waals surface area (Å²) in [6.07, 6.45) is -0.308. The zero-order valence-corrected chi connectivity index (χ0v) is 13.9. The fourth-order valence-electron chi connectivity index (χ4n) is 3.07. The number of aryl methyl sites for hydroxylation is 1. The molecule has 1 saturated heterocycles. The number of carbonyl (C=O) groups is 3. The minimum Gasteiger partial charge on any atom is -0.389 e. The highest BCUT2D eigenvalue weighted by Gasteiger charge is 2.31. The molecule has 2 rings (SSSR count). The lowest BCUT2D eigenvalue weighted by Crippen LogP contribution is -2.55. The molecule has 0 bridgehead atoms. The number of hydrogen-bond donors (Lipinski definition) is 3. The number of rotatable bonds is 3. The van der Waals surface area contributed by atoms with Gasteiger partial charge in [-0.25, -0.2) is 0 Å². The van der Waals surface area contributed by atoms with Gasteiger partial charge in [0.2, 0.25) is 5.91 Å². The second kappa shape index (κ2) is 6.54.